The lowest BCUT2D eigenvalue weighted by Gasteiger charge is -2.31. The predicted octanol–water partition coefficient (Wildman–Crippen LogP) is 2.05. The van der Waals surface area contributed by atoms with E-state index in [1.807, 2.05) is 24.8 Å². The quantitative estimate of drug-likeness (QED) is 0.828. The van der Waals surface area contributed by atoms with Gasteiger partial charge in [0.1, 0.15) is 5.82 Å². The monoisotopic (exact) mass is 240 g/mol. The standard InChI is InChI=1S/C13H21FN2O/c1-9(2)16(7-8-17)12-6-4-5-11(14)13(12)10(3)15/h4-6,9-10,17H,7-8,15H2,1-3H3/t10-/m1/s1. The zero-order valence-electron chi connectivity index (χ0n) is 10.7. The first kappa shape index (κ1) is 13.9. The number of aliphatic hydroxyl groups excluding tert-OH is 1. The number of hydrogen-bond acceptors (Lipinski definition) is 3. The first-order chi connectivity index (χ1) is 7.99. The molecule has 1 aromatic rings. The fraction of sp³-hybridized carbons (Fsp3) is 0.538. The normalized spacial score (nSPS) is 12.9. The lowest BCUT2D eigenvalue weighted by atomic mass is 10.0. The van der Waals surface area contributed by atoms with Crippen molar-refractivity contribution in [1.29, 1.82) is 0 Å². The molecule has 0 aliphatic carbocycles. The van der Waals surface area contributed by atoms with E-state index in [2.05, 4.69) is 0 Å². The van der Waals surface area contributed by atoms with Crippen LogP contribution in [-0.2, 0) is 0 Å². The minimum absolute atomic E-state index is 0.0348. The molecule has 1 rings (SSSR count). The van der Waals surface area contributed by atoms with E-state index in [4.69, 9.17) is 10.8 Å². The van der Waals surface area contributed by atoms with Gasteiger partial charge in [0, 0.05) is 29.9 Å². The number of rotatable bonds is 5. The Morgan fingerprint density at radius 3 is 2.47 bits per heavy atom. The lowest BCUT2D eigenvalue weighted by molar-refractivity contribution is 0.299. The molecule has 1 aromatic carbocycles. The zero-order chi connectivity index (χ0) is 13.0. The molecule has 96 valence electrons. The van der Waals surface area contributed by atoms with Crippen LogP contribution in [-0.4, -0.2) is 24.3 Å². The maximum Gasteiger partial charge on any atom is 0.130 e. The smallest absolute Gasteiger partial charge is 0.130 e. The number of benzene rings is 1. The molecule has 3 N–H and O–H groups in total. The van der Waals surface area contributed by atoms with Gasteiger partial charge in [-0.15, -0.1) is 0 Å². The molecule has 0 heterocycles. The van der Waals surface area contributed by atoms with E-state index < -0.39 is 0 Å². The van der Waals surface area contributed by atoms with Crippen LogP contribution >= 0.6 is 0 Å². The summed E-state index contributed by atoms with van der Waals surface area (Å²) in [5.74, 6) is -0.291. The fourth-order valence-corrected chi connectivity index (χ4v) is 1.99. The maximum atomic E-state index is 13.8. The predicted molar refractivity (Wildman–Crippen MR) is 68.6 cm³/mol. The van der Waals surface area contributed by atoms with Crippen molar-refractivity contribution in [3.63, 3.8) is 0 Å². The second kappa shape index (κ2) is 5.98. The highest BCUT2D eigenvalue weighted by Crippen LogP contribution is 2.28. The molecule has 0 spiro atoms. The van der Waals surface area contributed by atoms with Gasteiger partial charge in [-0.05, 0) is 32.9 Å². The minimum atomic E-state index is -0.369. The summed E-state index contributed by atoms with van der Waals surface area (Å²) in [7, 11) is 0. The van der Waals surface area contributed by atoms with Crippen molar-refractivity contribution in [2.45, 2.75) is 32.9 Å². The van der Waals surface area contributed by atoms with E-state index >= 15 is 0 Å². The van der Waals surface area contributed by atoms with Gasteiger partial charge >= 0.3 is 0 Å². The number of aliphatic hydroxyl groups is 1. The van der Waals surface area contributed by atoms with Gasteiger partial charge in [0.2, 0.25) is 0 Å². The molecule has 0 fully saturated rings. The number of nitrogens with two attached hydrogens (primary N) is 1. The summed E-state index contributed by atoms with van der Waals surface area (Å²) < 4.78 is 13.8. The molecule has 3 nitrogen and oxygen atoms in total. The van der Waals surface area contributed by atoms with Crippen molar-refractivity contribution < 1.29 is 9.50 Å². The molecule has 1 atom stereocenters. The molecule has 0 bridgehead atoms. The Morgan fingerprint density at radius 2 is 2.00 bits per heavy atom. The third kappa shape index (κ3) is 3.17. The number of hydrogen-bond donors (Lipinski definition) is 2. The second-order valence-electron chi connectivity index (χ2n) is 4.47. The van der Waals surface area contributed by atoms with Gasteiger partial charge in [0.15, 0.2) is 0 Å². The highest BCUT2D eigenvalue weighted by Gasteiger charge is 2.18. The zero-order valence-corrected chi connectivity index (χ0v) is 10.7. The van der Waals surface area contributed by atoms with Gasteiger partial charge in [0.25, 0.3) is 0 Å². The Morgan fingerprint density at radius 1 is 1.35 bits per heavy atom. The molecule has 0 aliphatic heterocycles. The van der Waals surface area contributed by atoms with Crippen molar-refractivity contribution in [1.82, 2.24) is 0 Å². The van der Waals surface area contributed by atoms with Crippen LogP contribution in [0.25, 0.3) is 0 Å². The molecule has 0 aliphatic rings. The highest BCUT2D eigenvalue weighted by atomic mass is 19.1. The average Bonchev–Trinajstić information content (AvgIpc) is 2.24. The van der Waals surface area contributed by atoms with Crippen LogP contribution in [0.4, 0.5) is 10.1 Å². The molecule has 0 radical (unpaired) electrons. The van der Waals surface area contributed by atoms with Crippen molar-refractivity contribution in [3.8, 4) is 0 Å². The molecule has 0 aromatic heterocycles. The first-order valence-corrected chi connectivity index (χ1v) is 5.90. The van der Waals surface area contributed by atoms with Crippen LogP contribution in [0.15, 0.2) is 18.2 Å². The Labute approximate surface area is 102 Å². The number of anilines is 1. The Bertz CT molecular complexity index is 366. The van der Waals surface area contributed by atoms with Crippen LogP contribution in [0.5, 0.6) is 0 Å². The van der Waals surface area contributed by atoms with E-state index in [1.165, 1.54) is 6.07 Å². The van der Waals surface area contributed by atoms with Gasteiger partial charge in [-0.1, -0.05) is 6.07 Å². The number of halogens is 1. The fourth-order valence-electron chi connectivity index (χ4n) is 1.99. The summed E-state index contributed by atoms with van der Waals surface area (Å²) in [5.41, 5.74) is 7.10. The Hall–Kier alpha value is -1.13. The molecule has 0 saturated heterocycles. The Balaban J connectivity index is 3.22. The molecule has 0 unspecified atom stereocenters. The van der Waals surface area contributed by atoms with Crippen LogP contribution in [0.2, 0.25) is 0 Å². The third-order valence-corrected chi connectivity index (χ3v) is 2.76. The summed E-state index contributed by atoms with van der Waals surface area (Å²) in [6.07, 6.45) is 0. The van der Waals surface area contributed by atoms with E-state index in [9.17, 15) is 4.39 Å². The second-order valence-corrected chi connectivity index (χ2v) is 4.47. The number of nitrogens with zero attached hydrogens (tertiary/aromatic N) is 1. The summed E-state index contributed by atoms with van der Waals surface area (Å²) >= 11 is 0. The molecule has 4 heteroatoms. The average molecular weight is 240 g/mol. The largest absolute Gasteiger partial charge is 0.395 e. The van der Waals surface area contributed by atoms with Crippen molar-refractivity contribution in [2.75, 3.05) is 18.1 Å². The SMILES string of the molecule is CC(C)N(CCO)c1cccc(F)c1[C@@H](C)N. The van der Waals surface area contributed by atoms with E-state index in [0.29, 0.717) is 12.1 Å². The molecule has 0 saturated carbocycles. The van der Waals surface area contributed by atoms with E-state index in [0.717, 1.165) is 5.69 Å². The molecule has 0 amide bonds. The van der Waals surface area contributed by atoms with Gasteiger partial charge in [-0.3, -0.25) is 0 Å². The van der Waals surface area contributed by atoms with Crippen molar-refractivity contribution >= 4 is 5.69 Å². The van der Waals surface area contributed by atoms with Gasteiger partial charge < -0.3 is 15.7 Å². The topological polar surface area (TPSA) is 49.5 Å². The Kier molecular flexibility index (Phi) is 4.90. The summed E-state index contributed by atoms with van der Waals surface area (Å²) in [6, 6.07) is 4.74. The van der Waals surface area contributed by atoms with Crippen LogP contribution in [0.1, 0.15) is 32.4 Å². The lowest BCUT2D eigenvalue weighted by Crippen LogP contribution is -2.35. The molecule has 17 heavy (non-hydrogen) atoms. The molecular weight excluding hydrogens is 219 g/mol. The van der Waals surface area contributed by atoms with Crippen molar-refractivity contribution in [2.24, 2.45) is 5.73 Å². The van der Waals surface area contributed by atoms with Crippen LogP contribution in [0, 0.1) is 5.82 Å². The van der Waals surface area contributed by atoms with Crippen LogP contribution in [0.3, 0.4) is 0 Å². The van der Waals surface area contributed by atoms with Gasteiger partial charge in [-0.25, -0.2) is 4.39 Å². The maximum absolute atomic E-state index is 13.8. The van der Waals surface area contributed by atoms with E-state index in [1.54, 1.807) is 13.0 Å². The van der Waals surface area contributed by atoms with Gasteiger partial charge in [0.05, 0.1) is 6.61 Å². The van der Waals surface area contributed by atoms with Gasteiger partial charge in [-0.2, -0.15) is 0 Å². The highest BCUT2D eigenvalue weighted by molar-refractivity contribution is 5.56. The van der Waals surface area contributed by atoms with Crippen molar-refractivity contribution in [3.05, 3.63) is 29.6 Å². The summed E-state index contributed by atoms with van der Waals surface area (Å²) in [6.45, 7) is 6.28. The minimum Gasteiger partial charge on any atom is -0.395 e. The molecular formula is C13H21FN2O. The summed E-state index contributed by atoms with van der Waals surface area (Å²) in [5, 5.41) is 9.08. The summed E-state index contributed by atoms with van der Waals surface area (Å²) in [4.78, 5) is 1.96. The first-order valence-electron chi connectivity index (χ1n) is 5.90. The third-order valence-electron chi connectivity index (χ3n) is 2.76. The van der Waals surface area contributed by atoms with E-state index in [-0.39, 0.29) is 24.5 Å². The van der Waals surface area contributed by atoms with Crippen LogP contribution < -0.4 is 10.6 Å².